The van der Waals surface area contributed by atoms with E-state index < -0.39 is 22.4 Å². The molecule has 0 spiro atoms. The second-order valence-electron chi connectivity index (χ2n) is 3.79. The van der Waals surface area contributed by atoms with Crippen LogP contribution in [0.2, 0.25) is 0 Å². The average Bonchev–Trinajstić information content (AvgIpc) is 2.87. The number of nitro groups is 1. The Morgan fingerprint density at radius 2 is 2.19 bits per heavy atom. The van der Waals surface area contributed by atoms with Crippen LogP contribution in [0.5, 0.6) is 0 Å². The van der Waals surface area contributed by atoms with Crippen LogP contribution in [-0.2, 0) is 10.3 Å². The summed E-state index contributed by atoms with van der Waals surface area (Å²) >= 11 is 0. The van der Waals surface area contributed by atoms with Crippen LogP contribution in [0, 0.1) is 10.1 Å². The molecule has 0 saturated heterocycles. The van der Waals surface area contributed by atoms with Gasteiger partial charge in [0.25, 0.3) is 0 Å². The lowest BCUT2D eigenvalue weighted by Gasteiger charge is -2.20. The van der Waals surface area contributed by atoms with Gasteiger partial charge in [-0.3, -0.25) is 0 Å². The van der Waals surface area contributed by atoms with Crippen LogP contribution in [0.3, 0.4) is 0 Å². The van der Waals surface area contributed by atoms with Crippen molar-refractivity contribution < 1.29 is 14.8 Å². The van der Waals surface area contributed by atoms with Crippen LogP contribution >= 0.6 is 0 Å². The van der Waals surface area contributed by atoms with Crippen molar-refractivity contribution >= 4 is 11.9 Å². The molecule has 1 saturated carbocycles. The SMILES string of the molecule is O=C(O)C1(n2cnc([N+](=O)[O-])n2)CCCC1. The highest BCUT2D eigenvalue weighted by molar-refractivity contribution is 5.76. The molecule has 1 aromatic rings. The monoisotopic (exact) mass is 226 g/mol. The van der Waals surface area contributed by atoms with Crippen molar-refractivity contribution in [3.05, 3.63) is 16.4 Å². The van der Waals surface area contributed by atoms with E-state index in [0.717, 1.165) is 23.9 Å². The van der Waals surface area contributed by atoms with Gasteiger partial charge in [-0.2, -0.15) is 4.68 Å². The van der Waals surface area contributed by atoms with Gasteiger partial charge in [0.1, 0.15) is 0 Å². The summed E-state index contributed by atoms with van der Waals surface area (Å²) in [6.07, 6.45) is 3.54. The molecule has 86 valence electrons. The predicted molar refractivity (Wildman–Crippen MR) is 50.8 cm³/mol. The van der Waals surface area contributed by atoms with Gasteiger partial charge < -0.3 is 15.2 Å². The minimum atomic E-state index is -1.15. The highest BCUT2D eigenvalue weighted by Gasteiger charge is 2.46. The summed E-state index contributed by atoms with van der Waals surface area (Å²) in [6, 6.07) is 0. The fourth-order valence-corrected chi connectivity index (χ4v) is 2.05. The van der Waals surface area contributed by atoms with Gasteiger partial charge in [-0.05, 0) is 17.8 Å². The number of hydrogen-bond acceptors (Lipinski definition) is 5. The van der Waals surface area contributed by atoms with Crippen LogP contribution in [-0.4, -0.2) is 30.8 Å². The van der Waals surface area contributed by atoms with E-state index in [0.29, 0.717) is 12.8 Å². The number of hydrogen-bond donors (Lipinski definition) is 1. The molecule has 0 bridgehead atoms. The fraction of sp³-hybridized carbons (Fsp3) is 0.625. The van der Waals surface area contributed by atoms with Crippen LogP contribution in [0.1, 0.15) is 25.7 Å². The maximum Gasteiger partial charge on any atom is 0.490 e. The largest absolute Gasteiger partial charge is 0.490 e. The standard InChI is InChI=1S/C8H10N4O4/c13-6(14)8(3-1-2-4-8)11-5-9-7(10-11)12(15)16/h5H,1-4H2,(H,13,14). The summed E-state index contributed by atoms with van der Waals surface area (Å²) in [5, 5.41) is 23.2. The zero-order chi connectivity index (χ0) is 11.8. The summed E-state index contributed by atoms with van der Waals surface area (Å²) < 4.78 is 1.11. The minimum absolute atomic E-state index is 0.433. The van der Waals surface area contributed by atoms with Crippen molar-refractivity contribution in [2.24, 2.45) is 0 Å². The molecule has 1 N–H and O–H groups in total. The van der Waals surface area contributed by atoms with Crippen LogP contribution in [0.25, 0.3) is 0 Å². The second-order valence-corrected chi connectivity index (χ2v) is 3.79. The Balaban J connectivity index is 2.40. The Bertz CT molecular complexity index is 435. The van der Waals surface area contributed by atoms with Crippen molar-refractivity contribution in [2.45, 2.75) is 31.2 Å². The number of aliphatic carboxylic acids is 1. The van der Waals surface area contributed by atoms with Crippen LogP contribution in [0.15, 0.2) is 6.33 Å². The molecule has 1 aliphatic rings. The van der Waals surface area contributed by atoms with E-state index in [1.54, 1.807) is 0 Å². The molecule has 16 heavy (non-hydrogen) atoms. The zero-order valence-electron chi connectivity index (χ0n) is 8.37. The number of carboxylic acids is 1. The number of carboxylic acid groups (broad SMARTS) is 1. The molecule has 1 fully saturated rings. The lowest BCUT2D eigenvalue weighted by molar-refractivity contribution is -0.394. The topological polar surface area (TPSA) is 111 Å². The molecule has 1 aromatic heterocycles. The van der Waals surface area contributed by atoms with Gasteiger partial charge in [0.05, 0.1) is 0 Å². The van der Waals surface area contributed by atoms with E-state index >= 15 is 0 Å². The lowest BCUT2D eigenvalue weighted by Crippen LogP contribution is -2.39. The molecule has 2 rings (SSSR count). The summed E-state index contributed by atoms with van der Waals surface area (Å²) in [6.45, 7) is 0. The van der Waals surface area contributed by atoms with Crippen molar-refractivity contribution in [3.63, 3.8) is 0 Å². The van der Waals surface area contributed by atoms with Gasteiger partial charge >= 0.3 is 11.9 Å². The third-order valence-electron chi connectivity index (χ3n) is 2.91. The van der Waals surface area contributed by atoms with E-state index in [1.165, 1.54) is 0 Å². The van der Waals surface area contributed by atoms with E-state index in [9.17, 15) is 20.0 Å². The maximum absolute atomic E-state index is 11.2. The Hall–Kier alpha value is -1.99. The number of rotatable bonds is 3. The van der Waals surface area contributed by atoms with Gasteiger partial charge in [0.2, 0.25) is 6.33 Å². The first kappa shape index (κ1) is 10.5. The van der Waals surface area contributed by atoms with Crippen LogP contribution in [0.4, 0.5) is 5.95 Å². The average molecular weight is 226 g/mol. The zero-order valence-corrected chi connectivity index (χ0v) is 8.37. The second kappa shape index (κ2) is 3.54. The first-order valence-electron chi connectivity index (χ1n) is 4.86. The fourth-order valence-electron chi connectivity index (χ4n) is 2.05. The summed E-state index contributed by atoms with van der Waals surface area (Å²) in [4.78, 5) is 24.4. The van der Waals surface area contributed by atoms with Crippen LogP contribution < -0.4 is 0 Å². The van der Waals surface area contributed by atoms with Crippen molar-refractivity contribution in [2.75, 3.05) is 0 Å². The molecule has 0 atom stereocenters. The smallest absolute Gasteiger partial charge is 0.479 e. The molecular weight excluding hydrogens is 216 g/mol. The van der Waals surface area contributed by atoms with E-state index in [1.807, 2.05) is 0 Å². The van der Waals surface area contributed by atoms with Gasteiger partial charge in [0, 0.05) is 5.10 Å². The normalized spacial score (nSPS) is 18.5. The summed E-state index contributed by atoms with van der Waals surface area (Å²) in [7, 11) is 0. The quantitative estimate of drug-likeness (QED) is 0.594. The summed E-state index contributed by atoms with van der Waals surface area (Å²) in [5.74, 6) is -1.57. The Kier molecular flexibility index (Phi) is 2.33. The Morgan fingerprint density at radius 3 is 2.62 bits per heavy atom. The Labute approximate surface area is 90.1 Å². The highest BCUT2D eigenvalue weighted by Crippen LogP contribution is 2.36. The van der Waals surface area contributed by atoms with Gasteiger partial charge in [-0.25, -0.2) is 4.79 Å². The molecule has 0 unspecified atom stereocenters. The molecule has 8 heteroatoms. The molecular formula is C8H10N4O4. The maximum atomic E-state index is 11.2. The van der Waals surface area contributed by atoms with Crippen molar-refractivity contribution in [3.8, 4) is 0 Å². The number of nitrogens with zero attached hydrogens (tertiary/aromatic N) is 4. The first-order valence-corrected chi connectivity index (χ1v) is 4.86. The van der Waals surface area contributed by atoms with E-state index in [2.05, 4.69) is 10.1 Å². The molecule has 0 aliphatic heterocycles. The van der Waals surface area contributed by atoms with Crippen molar-refractivity contribution in [1.82, 2.24) is 14.8 Å². The number of carbonyl (C=O) groups is 1. The first-order chi connectivity index (χ1) is 7.56. The molecule has 0 aromatic carbocycles. The van der Waals surface area contributed by atoms with Crippen molar-refractivity contribution in [1.29, 1.82) is 0 Å². The third-order valence-corrected chi connectivity index (χ3v) is 2.91. The van der Waals surface area contributed by atoms with E-state index in [-0.39, 0.29) is 0 Å². The van der Waals surface area contributed by atoms with Gasteiger partial charge in [0.15, 0.2) is 5.54 Å². The molecule has 1 heterocycles. The van der Waals surface area contributed by atoms with Gasteiger partial charge in [-0.15, -0.1) is 0 Å². The Morgan fingerprint density at radius 1 is 1.56 bits per heavy atom. The number of aromatic nitrogens is 3. The molecule has 0 radical (unpaired) electrons. The predicted octanol–water partition coefficient (Wildman–Crippen LogP) is 0.540. The molecule has 1 aliphatic carbocycles. The highest BCUT2D eigenvalue weighted by atomic mass is 16.6. The molecule has 8 nitrogen and oxygen atoms in total. The minimum Gasteiger partial charge on any atom is -0.479 e. The van der Waals surface area contributed by atoms with E-state index in [4.69, 9.17) is 0 Å². The molecule has 0 amide bonds. The third kappa shape index (κ3) is 1.42. The summed E-state index contributed by atoms with van der Waals surface area (Å²) in [5.41, 5.74) is -1.15. The van der Waals surface area contributed by atoms with Gasteiger partial charge in [-0.1, -0.05) is 17.8 Å². The lowest BCUT2D eigenvalue weighted by atomic mass is 9.98.